The fourth-order valence-electron chi connectivity index (χ4n) is 2.83. The molecule has 1 amide bonds. The van der Waals surface area contributed by atoms with Crippen LogP contribution in [0.5, 0.6) is 0 Å². The number of rotatable bonds is 5. The predicted octanol–water partition coefficient (Wildman–Crippen LogP) is 3.31. The summed E-state index contributed by atoms with van der Waals surface area (Å²) in [4.78, 5) is 12.1. The number of hydrogen-bond donors (Lipinski definition) is 1. The Morgan fingerprint density at radius 3 is 2.68 bits per heavy atom. The molecule has 1 aromatic carbocycles. The number of benzene rings is 1. The van der Waals surface area contributed by atoms with E-state index in [1.807, 2.05) is 0 Å². The van der Waals surface area contributed by atoms with Gasteiger partial charge >= 0.3 is 0 Å². The van der Waals surface area contributed by atoms with E-state index < -0.39 is 5.54 Å². The number of carbonyl (C=O) groups is 1. The molecule has 1 aromatic heterocycles. The number of nitrogens with one attached hydrogen (secondary N) is 1. The lowest BCUT2D eigenvalue weighted by Crippen LogP contribution is -2.49. The molecule has 25 heavy (non-hydrogen) atoms. The summed E-state index contributed by atoms with van der Waals surface area (Å²) in [5.74, 6) is -0.212. The van der Waals surface area contributed by atoms with E-state index in [-0.39, 0.29) is 28.6 Å². The summed E-state index contributed by atoms with van der Waals surface area (Å²) in [6, 6.07) is 7.97. The average molecular weight is 360 g/mol. The molecule has 8 heteroatoms. The SMILES string of the molecule is N#CC1(NC(=O)CSc2nnc(-c3ccc(F)cc3)o2)CCCCC1. The van der Waals surface area contributed by atoms with Gasteiger partial charge in [0.05, 0.1) is 11.8 Å². The molecular formula is C17H17FN4O2S. The summed E-state index contributed by atoms with van der Waals surface area (Å²) in [5.41, 5.74) is -0.139. The highest BCUT2D eigenvalue weighted by atomic mass is 32.2. The van der Waals surface area contributed by atoms with Gasteiger partial charge in [0, 0.05) is 5.56 Å². The van der Waals surface area contributed by atoms with Gasteiger partial charge in [0.25, 0.3) is 5.22 Å². The maximum Gasteiger partial charge on any atom is 0.277 e. The smallest absolute Gasteiger partial charge is 0.277 e. The first-order chi connectivity index (χ1) is 12.1. The zero-order valence-corrected chi connectivity index (χ0v) is 14.3. The topological polar surface area (TPSA) is 91.8 Å². The number of amides is 1. The fourth-order valence-corrected chi connectivity index (χ4v) is 3.39. The van der Waals surface area contributed by atoms with Crippen molar-refractivity contribution < 1.29 is 13.6 Å². The van der Waals surface area contributed by atoms with Crippen molar-refractivity contribution in [1.82, 2.24) is 15.5 Å². The van der Waals surface area contributed by atoms with Crippen LogP contribution in [0, 0.1) is 17.1 Å². The number of halogens is 1. The van der Waals surface area contributed by atoms with E-state index in [0.29, 0.717) is 18.4 Å². The Morgan fingerprint density at radius 1 is 1.28 bits per heavy atom. The Labute approximate surface area is 148 Å². The standard InChI is InChI=1S/C17H17FN4O2S/c18-13-6-4-12(5-7-13)15-21-22-16(24-15)25-10-14(23)20-17(11-19)8-2-1-3-9-17/h4-7H,1-3,8-10H2,(H,20,23). The molecule has 1 aliphatic rings. The molecule has 0 unspecified atom stereocenters. The van der Waals surface area contributed by atoms with Crippen molar-refractivity contribution >= 4 is 17.7 Å². The van der Waals surface area contributed by atoms with Gasteiger partial charge in [-0.3, -0.25) is 4.79 Å². The fraction of sp³-hybridized carbons (Fsp3) is 0.412. The van der Waals surface area contributed by atoms with Crippen molar-refractivity contribution in [3.63, 3.8) is 0 Å². The quantitative estimate of drug-likeness (QED) is 0.823. The molecular weight excluding hydrogens is 343 g/mol. The summed E-state index contributed by atoms with van der Waals surface area (Å²) in [6.45, 7) is 0. The highest BCUT2D eigenvalue weighted by Crippen LogP contribution is 2.28. The van der Waals surface area contributed by atoms with Crippen LogP contribution < -0.4 is 5.32 Å². The van der Waals surface area contributed by atoms with Gasteiger partial charge in [-0.15, -0.1) is 10.2 Å². The largest absolute Gasteiger partial charge is 0.411 e. The van der Waals surface area contributed by atoms with Gasteiger partial charge in [0.2, 0.25) is 11.8 Å². The Bertz CT molecular complexity index is 779. The van der Waals surface area contributed by atoms with Gasteiger partial charge in [0.15, 0.2) is 0 Å². The molecule has 0 saturated heterocycles. The summed E-state index contributed by atoms with van der Waals surface area (Å²) in [6.07, 6.45) is 4.38. The third-order valence-electron chi connectivity index (χ3n) is 4.12. The maximum absolute atomic E-state index is 12.9. The second-order valence-electron chi connectivity index (χ2n) is 5.97. The normalized spacial score (nSPS) is 16.2. The number of nitrogens with zero attached hydrogens (tertiary/aromatic N) is 3. The molecule has 0 spiro atoms. The van der Waals surface area contributed by atoms with Crippen LogP contribution >= 0.6 is 11.8 Å². The highest BCUT2D eigenvalue weighted by molar-refractivity contribution is 7.99. The van der Waals surface area contributed by atoms with E-state index in [4.69, 9.17) is 4.42 Å². The Balaban J connectivity index is 1.56. The second-order valence-corrected chi connectivity index (χ2v) is 6.90. The summed E-state index contributed by atoms with van der Waals surface area (Å²) in [7, 11) is 0. The number of thioether (sulfide) groups is 1. The molecule has 1 fully saturated rings. The molecule has 0 bridgehead atoms. The summed E-state index contributed by atoms with van der Waals surface area (Å²) < 4.78 is 18.4. The van der Waals surface area contributed by atoms with Gasteiger partial charge in [-0.2, -0.15) is 5.26 Å². The lowest BCUT2D eigenvalue weighted by atomic mass is 9.83. The Kier molecular flexibility index (Phi) is 5.34. The van der Waals surface area contributed by atoms with Gasteiger partial charge in [-0.25, -0.2) is 4.39 Å². The Morgan fingerprint density at radius 2 is 2.00 bits per heavy atom. The van der Waals surface area contributed by atoms with Crippen LogP contribution in [-0.4, -0.2) is 27.4 Å². The molecule has 0 atom stereocenters. The third kappa shape index (κ3) is 4.37. The molecule has 130 valence electrons. The van der Waals surface area contributed by atoms with E-state index in [9.17, 15) is 14.4 Å². The number of nitriles is 1. The van der Waals surface area contributed by atoms with Crippen molar-refractivity contribution in [3.8, 4) is 17.5 Å². The lowest BCUT2D eigenvalue weighted by molar-refractivity contribution is -0.120. The first-order valence-electron chi connectivity index (χ1n) is 8.05. The highest BCUT2D eigenvalue weighted by Gasteiger charge is 2.33. The van der Waals surface area contributed by atoms with Crippen LogP contribution in [0.3, 0.4) is 0 Å². The van der Waals surface area contributed by atoms with Crippen molar-refractivity contribution in [2.45, 2.75) is 42.9 Å². The van der Waals surface area contributed by atoms with Crippen LogP contribution in [-0.2, 0) is 4.79 Å². The summed E-state index contributed by atoms with van der Waals surface area (Å²) in [5, 5.41) is 20.3. The Hall–Kier alpha value is -2.40. The van der Waals surface area contributed by atoms with Crippen LogP contribution in [0.1, 0.15) is 32.1 Å². The molecule has 2 aromatic rings. The monoisotopic (exact) mass is 360 g/mol. The van der Waals surface area contributed by atoms with E-state index >= 15 is 0 Å². The van der Waals surface area contributed by atoms with Crippen molar-refractivity contribution in [3.05, 3.63) is 30.1 Å². The number of hydrogen-bond acceptors (Lipinski definition) is 6. The minimum atomic E-state index is -0.746. The second kappa shape index (κ2) is 7.66. The zero-order chi connectivity index (χ0) is 17.7. The van der Waals surface area contributed by atoms with Crippen LogP contribution in [0.2, 0.25) is 0 Å². The van der Waals surface area contributed by atoms with Gasteiger partial charge in [-0.1, -0.05) is 31.0 Å². The molecule has 1 aliphatic carbocycles. The van der Waals surface area contributed by atoms with Gasteiger partial charge in [0.1, 0.15) is 11.4 Å². The minimum Gasteiger partial charge on any atom is -0.411 e. The van der Waals surface area contributed by atoms with Gasteiger partial charge in [-0.05, 0) is 37.1 Å². The van der Waals surface area contributed by atoms with Gasteiger partial charge < -0.3 is 9.73 Å². The van der Waals surface area contributed by atoms with Crippen LogP contribution in [0.15, 0.2) is 33.9 Å². The third-order valence-corrected chi connectivity index (χ3v) is 4.94. The molecule has 0 aliphatic heterocycles. The maximum atomic E-state index is 12.9. The van der Waals surface area contributed by atoms with E-state index in [1.165, 1.54) is 12.1 Å². The molecule has 0 radical (unpaired) electrons. The van der Waals surface area contributed by atoms with Crippen LogP contribution in [0.25, 0.3) is 11.5 Å². The first kappa shape index (κ1) is 17.4. The molecule has 1 heterocycles. The molecule has 1 N–H and O–H groups in total. The van der Waals surface area contributed by atoms with E-state index in [1.54, 1.807) is 12.1 Å². The van der Waals surface area contributed by atoms with Crippen molar-refractivity contribution in [2.24, 2.45) is 0 Å². The zero-order valence-electron chi connectivity index (χ0n) is 13.5. The lowest BCUT2D eigenvalue weighted by Gasteiger charge is -2.31. The van der Waals surface area contributed by atoms with Crippen LogP contribution in [0.4, 0.5) is 4.39 Å². The average Bonchev–Trinajstić information content (AvgIpc) is 3.10. The van der Waals surface area contributed by atoms with Crippen molar-refractivity contribution in [2.75, 3.05) is 5.75 Å². The van der Waals surface area contributed by atoms with Crippen molar-refractivity contribution in [1.29, 1.82) is 5.26 Å². The number of carbonyl (C=O) groups excluding carboxylic acids is 1. The van der Waals surface area contributed by atoms with E-state index in [2.05, 4.69) is 21.6 Å². The molecule has 1 saturated carbocycles. The number of aromatic nitrogens is 2. The van der Waals surface area contributed by atoms with E-state index in [0.717, 1.165) is 31.0 Å². The molecule has 6 nitrogen and oxygen atoms in total. The minimum absolute atomic E-state index is 0.0917. The molecule has 3 rings (SSSR count). The summed E-state index contributed by atoms with van der Waals surface area (Å²) >= 11 is 1.11. The first-order valence-corrected chi connectivity index (χ1v) is 9.03. The predicted molar refractivity (Wildman–Crippen MR) is 90.0 cm³/mol.